The summed E-state index contributed by atoms with van der Waals surface area (Å²) >= 11 is 0. The van der Waals surface area contributed by atoms with Crippen molar-refractivity contribution in [3.05, 3.63) is 71.8 Å². The van der Waals surface area contributed by atoms with Crippen LogP contribution in [0.2, 0.25) is 0 Å². The molecule has 0 aromatic heterocycles. The van der Waals surface area contributed by atoms with Crippen LogP contribution in [0.25, 0.3) is 0 Å². The lowest BCUT2D eigenvalue weighted by Crippen LogP contribution is -2.44. The fourth-order valence-corrected chi connectivity index (χ4v) is 2.68. The van der Waals surface area contributed by atoms with Gasteiger partial charge in [0.15, 0.2) is 6.10 Å². The molecule has 0 unspecified atom stereocenters. The Labute approximate surface area is 147 Å². The molecule has 0 aliphatic carbocycles. The zero-order chi connectivity index (χ0) is 17.3. The molecule has 0 bridgehead atoms. The van der Waals surface area contributed by atoms with Crippen molar-refractivity contribution in [3.63, 3.8) is 0 Å². The summed E-state index contributed by atoms with van der Waals surface area (Å²) in [5, 5.41) is 3.02. The van der Waals surface area contributed by atoms with Gasteiger partial charge in [0, 0.05) is 0 Å². The summed E-state index contributed by atoms with van der Waals surface area (Å²) in [6.07, 6.45) is -0.561. The average Bonchev–Trinajstić information content (AvgIpc) is 2.69. The van der Waals surface area contributed by atoms with Gasteiger partial charge >= 0.3 is 0 Å². The summed E-state index contributed by atoms with van der Waals surface area (Å²) in [6.45, 7) is 2.16. The minimum absolute atomic E-state index is 0.170. The first kappa shape index (κ1) is 17.6. The molecule has 132 valence electrons. The van der Waals surface area contributed by atoms with Crippen LogP contribution in [0, 0.1) is 0 Å². The second-order valence-electron chi connectivity index (χ2n) is 5.91. The van der Waals surface area contributed by atoms with Gasteiger partial charge in [0.25, 0.3) is 5.91 Å². The van der Waals surface area contributed by atoms with E-state index in [-0.39, 0.29) is 18.6 Å². The molecule has 0 spiro atoms. The highest BCUT2D eigenvalue weighted by Crippen LogP contribution is 2.15. The second kappa shape index (κ2) is 9.32. The van der Waals surface area contributed by atoms with Crippen LogP contribution in [-0.4, -0.2) is 38.4 Å². The van der Waals surface area contributed by atoms with Crippen molar-refractivity contribution in [2.75, 3.05) is 26.4 Å². The highest BCUT2D eigenvalue weighted by atomic mass is 16.6. The molecule has 5 heteroatoms. The van der Waals surface area contributed by atoms with Gasteiger partial charge in [0.1, 0.15) is 0 Å². The van der Waals surface area contributed by atoms with Gasteiger partial charge in [-0.25, -0.2) is 0 Å². The van der Waals surface area contributed by atoms with Crippen molar-refractivity contribution in [2.24, 2.45) is 0 Å². The summed E-state index contributed by atoms with van der Waals surface area (Å²) in [4.78, 5) is 12.4. The van der Waals surface area contributed by atoms with Crippen molar-refractivity contribution in [2.45, 2.75) is 18.8 Å². The molecule has 3 rings (SSSR count). The molecule has 2 aromatic rings. The Morgan fingerprint density at radius 1 is 1.08 bits per heavy atom. The van der Waals surface area contributed by atoms with E-state index in [0.29, 0.717) is 26.4 Å². The molecular formula is C20H23NO4. The first-order valence-electron chi connectivity index (χ1n) is 8.49. The molecule has 2 atom stereocenters. The van der Waals surface area contributed by atoms with Crippen LogP contribution in [0.1, 0.15) is 17.2 Å². The number of hydrogen-bond acceptors (Lipinski definition) is 4. The highest BCUT2D eigenvalue weighted by molar-refractivity contribution is 5.81. The normalized spacial score (nSPS) is 18.5. The standard InChI is InChI=1S/C20H23NO4/c22-20(19-15-23-11-12-25-19)21-18(17-9-5-2-6-10-17)14-24-13-16-7-3-1-4-8-16/h1-10,18-19H,11-15H2,(H,21,22)/t18-,19+/m1/s1. The number of carbonyl (C=O) groups excluding carboxylic acids is 1. The van der Waals surface area contributed by atoms with E-state index >= 15 is 0 Å². The first-order chi connectivity index (χ1) is 12.3. The molecule has 1 N–H and O–H groups in total. The Bertz CT molecular complexity index is 641. The number of hydrogen-bond donors (Lipinski definition) is 1. The molecule has 1 amide bonds. The van der Waals surface area contributed by atoms with E-state index in [4.69, 9.17) is 14.2 Å². The lowest BCUT2D eigenvalue weighted by atomic mass is 10.1. The van der Waals surface area contributed by atoms with E-state index in [0.717, 1.165) is 11.1 Å². The maximum atomic E-state index is 12.4. The smallest absolute Gasteiger partial charge is 0.252 e. The third-order valence-electron chi connectivity index (χ3n) is 4.02. The van der Waals surface area contributed by atoms with E-state index in [9.17, 15) is 4.79 Å². The largest absolute Gasteiger partial charge is 0.376 e. The summed E-state index contributed by atoms with van der Waals surface area (Å²) in [6, 6.07) is 19.6. The molecule has 5 nitrogen and oxygen atoms in total. The van der Waals surface area contributed by atoms with Crippen molar-refractivity contribution in [1.82, 2.24) is 5.32 Å². The van der Waals surface area contributed by atoms with Crippen LogP contribution >= 0.6 is 0 Å². The highest BCUT2D eigenvalue weighted by Gasteiger charge is 2.25. The van der Waals surface area contributed by atoms with Crippen LogP contribution < -0.4 is 5.32 Å². The van der Waals surface area contributed by atoms with Crippen molar-refractivity contribution in [1.29, 1.82) is 0 Å². The quantitative estimate of drug-likeness (QED) is 0.841. The summed E-state index contributed by atoms with van der Waals surface area (Å²) < 4.78 is 16.6. The van der Waals surface area contributed by atoms with Crippen LogP contribution in [0.15, 0.2) is 60.7 Å². The van der Waals surface area contributed by atoms with E-state index in [1.165, 1.54) is 0 Å². The van der Waals surface area contributed by atoms with Crippen molar-refractivity contribution < 1.29 is 19.0 Å². The molecule has 1 fully saturated rings. The van der Waals surface area contributed by atoms with Crippen molar-refractivity contribution >= 4 is 5.91 Å². The second-order valence-corrected chi connectivity index (χ2v) is 5.91. The molecule has 1 aliphatic heterocycles. The van der Waals surface area contributed by atoms with Gasteiger partial charge in [0.05, 0.1) is 39.1 Å². The number of carbonyl (C=O) groups is 1. The SMILES string of the molecule is O=C(N[C@H](COCc1ccccc1)c1ccccc1)[C@@H]1COCCO1. The zero-order valence-corrected chi connectivity index (χ0v) is 14.1. The predicted octanol–water partition coefficient (Wildman–Crippen LogP) is 2.48. The van der Waals surface area contributed by atoms with Gasteiger partial charge in [-0.1, -0.05) is 60.7 Å². The molecular weight excluding hydrogens is 318 g/mol. The first-order valence-corrected chi connectivity index (χ1v) is 8.49. The van der Waals surface area contributed by atoms with Gasteiger partial charge in [-0.15, -0.1) is 0 Å². The molecule has 0 radical (unpaired) electrons. The maximum absolute atomic E-state index is 12.4. The number of amides is 1. The molecule has 1 heterocycles. The van der Waals surface area contributed by atoms with Gasteiger partial charge in [-0.3, -0.25) is 4.79 Å². The Balaban J connectivity index is 1.60. The lowest BCUT2D eigenvalue weighted by molar-refractivity contribution is -0.148. The van der Waals surface area contributed by atoms with Gasteiger partial charge in [-0.05, 0) is 11.1 Å². The topological polar surface area (TPSA) is 56.8 Å². The van der Waals surface area contributed by atoms with E-state index < -0.39 is 6.10 Å². The summed E-state index contributed by atoms with van der Waals surface area (Å²) in [5.41, 5.74) is 2.10. The summed E-state index contributed by atoms with van der Waals surface area (Å²) in [7, 11) is 0. The van der Waals surface area contributed by atoms with E-state index in [1.54, 1.807) is 0 Å². The Kier molecular flexibility index (Phi) is 6.56. The van der Waals surface area contributed by atoms with Gasteiger partial charge in [0.2, 0.25) is 0 Å². The van der Waals surface area contributed by atoms with E-state index in [1.807, 2.05) is 60.7 Å². The molecule has 1 saturated heterocycles. The Morgan fingerprint density at radius 2 is 1.80 bits per heavy atom. The minimum Gasteiger partial charge on any atom is -0.376 e. The van der Waals surface area contributed by atoms with Crippen LogP contribution in [0.4, 0.5) is 0 Å². The predicted molar refractivity (Wildman–Crippen MR) is 94.0 cm³/mol. The Morgan fingerprint density at radius 3 is 2.48 bits per heavy atom. The molecule has 1 aliphatic rings. The van der Waals surface area contributed by atoms with Crippen LogP contribution in [0.3, 0.4) is 0 Å². The van der Waals surface area contributed by atoms with Crippen LogP contribution in [-0.2, 0) is 25.6 Å². The van der Waals surface area contributed by atoms with E-state index in [2.05, 4.69) is 5.32 Å². The third-order valence-corrected chi connectivity index (χ3v) is 4.02. The van der Waals surface area contributed by atoms with Crippen LogP contribution in [0.5, 0.6) is 0 Å². The monoisotopic (exact) mass is 341 g/mol. The van der Waals surface area contributed by atoms with Gasteiger partial charge < -0.3 is 19.5 Å². The average molecular weight is 341 g/mol. The molecule has 0 saturated carbocycles. The number of ether oxygens (including phenoxy) is 3. The molecule has 25 heavy (non-hydrogen) atoms. The fraction of sp³-hybridized carbons (Fsp3) is 0.350. The van der Waals surface area contributed by atoms with Crippen molar-refractivity contribution in [3.8, 4) is 0 Å². The minimum atomic E-state index is -0.561. The Hall–Kier alpha value is -2.21. The number of rotatable bonds is 7. The number of nitrogens with one attached hydrogen (secondary N) is 1. The maximum Gasteiger partial charge on any atom is 0.252 e. The molecule has 2 aromatic carbocycles. The third kappa shape index (κ3) is 5.39. The fourth-order valence-electron chi connectivity index (χ4n) is 2.68. The summed E-state index contributed by atoms with van der Waals surface area (Å²) in [5.74, 6) is -0.170. The van der Waals surface area contributed by atoms with Gasteiger partial charge in [-0.2, -0.15) is 0 Å². The lowest BCUT2D eigenvalue weighted by Gasteiger charge is -2.25. The zero-order valence-electron chi connectivity index (χ0n) is 14.1. The number of benzene rings is 2.